The zero-order valence-electron chi connectivity index (χ0n) is 25.8. The lowest BCUT2D eigenvalue weighted by molar-refractivity contribution is -0.121. The van der Waals surface area contributed by atoms with Gasteiger partial charge in [-0.15, -0.1) is 0 Å². The van der Waals surface area contributed by atoms with Crippen LogP contribution >= 0.6 is 0 Å². The van der Waals surface area contributed by atoms with Gasteiger partial charge < -0.3 is 21.3 Å². The van der Waals surface area contributed by atoms with Crippen molar-refractivity contribution in [2.24, 2.45) is 4.99 Å². The predicted molar refractivity (Wildman–Crippen MR) is 184 cm³/mol. The number of hydrazine groups is 1. The third kappa shape index (κ3) is 7.81. The zero-order chi connectivity index (χ0) is 33.5. The Bertz CT molecular complexity index is 1940. The Balaban J connectivity index is 1.33. The molecule has 5 N–H and O–H groups in total. The van der Waals surface area contributed by atoms with E-state index in [0.717, 1.165) is 0 Å². The van der Waals surface area contributed by atoms with E-state index in [4.69, 9.17) is 0 Å². The molecular formula is C34H29N11O3. The first-order valence-corrected chi connectivity index (χ1v) is 14.7. The minimum atomic E-state index is -0.439. The molecule has 6 rings (SSSR count). The van der Waals surface area contributed by atoms with Crippen LogP contribution in [0.5, 0.6) is 0 Å². The summed E-state index contributed by atoms with van der Waals surface area (Å²) >= 11 is 0. The Morgan fingerprint density at radius 1 is 0.646 bits per heavy atom. The van der Waals surface area contributed by atoms with Crippen molar-refractivity contribution in [3.63, 3.8) is 0 Å². The summed E-state index contributed by atoms with van der Waals surface area (Å²) in [6, 6.07) is 28.6. The number of amides is 3. The number of nitrogens with zero attached hydrogens (tertiary/aromatic N) is 6. The van der Waals surface area contributed by atoms with Gasteiger partial charge in [0.15, 0.2) is 5.84 Å². The second kappa shape index (κ2) is 14.0. The summed E-state index contributed by atoms with van der Waals surface area (Å²) in [6.07, 6.45) is 3.24. The molecule has 5 aromatic rings. The second-order valence-electron chi connectivity index (χ2n) is 10.4. The number of hydrogen-bond acceptors (Lipinski definition) is 11. The monoisotopic (exact) mass is 639 g/mol. The second-order valence-corrected chi connectivity index (χ2v) is 10.4. The van der Waals surface area contributed by atoms with E-state index in [1.807, 2.05) is 36.4 Å². The quantitative estimate of drug-likeness (QED) is 0.126. The summed E-state index contributed by atoms with van der Waals surface area (Å²) in [4.78, 5) is 59.2. The highest BCUT2D eigenvalue weighted by Gasteiger charge is 2.32. The number of anilines is 7. The standard InChI is InChI=1S/C34H29N11O3/c1-21(46)36-24-11-15-26(16-12-24)38-32-41-33(39-27-17-13-25(14-18-27)37-22(2)47)43-34(42-32)44-45-30(23-8-4-3-5-9-23)40-29(31(45)48)20-28-10-6-7-19-35-28/h3-20H,1-2H3,(H,36,46)(H,37,47)(H3,38,39,41,42,43,44). The number of carbonyl (C=O) groups excluding carboxylic acids is 3. The molecule has 2 aromatic heterocycles. The molecule has 0 radical (unpaired) electrons. The zero-order valence-corrected chi connectivity index (χ0v) is 25.8. The van der Waals surface area contributed by atoms with Crippen LogP contribution in [0.4, 0.5) is 40.6 Å². The van der Waals surface area contributed by atoms with E-state index < -0.39 is 5.91 Å². The molecule has 0 unspecified atom stereocenters. The van der Waals surface area contributed by atoms with Crippen molar-refractivity contribution in [3.8, 4) is 0 Å². The summed E-state index contributed by atoms with van der Waals surface area (Å²) in [5.74, 6) is -0.107. The first kappa shape index (κ1) is 31.0. The molecule has 48 heavy (non-hydrogen) atoms. The molecule has 0 atom stereocenters. The van der Waals surface area contributed by atoms with Gasteiger partial charge in [-0.25, -0.2) is 4.99 Å². The van der Waals surface area contributed by atoms with Crippen LogP contribution in [0, 0.1) is 0 Å². The van der Waals surface area contributed by atoms with Gasteiger partial charge in [0.05, 0.1) is 5.69 Å². The van der Waals surface area contributed by atoms with Crippen LogP contribution in [-0.4, -0.2) is 48.5 Å². The van der Waals surface area contributed by atoms with Crippen LogP contribution in [0.2, 0.25) is 0 Å². The van der Waals surface area contributed by atoms with Gasteiger partial charge in [0.1, 0.15) is 5.70 Å². The average Bonchev–Trinajstić information content (AvgIpc) is 3.37. The molecule has 0 spiro atoms. The number of pyridine rings is 1. The molecule has 238 valence electrons. The topological polar surface area (TPSA) is 179 Å². The van der Waals surface area contributed by atoms with Crippen molar-refractivity contribution in [2.45, 2.75) is 13.8 Å². The molecule has 0 saturated heterocycles. The van der Waals surface area contributed by atoms with Gasteiger partial charge in [-0.3, -0.25) is 24.8 Å². The Morgan fingerprint density at radius 2 is 1.17 bits per heavy atom. The van der Waals surface area contributed by atoms with E-state index in [1.54, 1.807) is 72.9 Å². The van der Waals surface area contributed by atoms with Crippen LogP contribution in [0.3, 0.4) is 0 Å². The largest absolute Gasteiger partial charge is 0.326 e. The number of amidine groups is 1. The third-order valence-corrected chi connectivity index (χ3v) is 6.63. The van der Waals surface area contributed by atoms with E-state index in [1.165, 1.54) is 18.9 Å². The Morgan fingerprint density at radius 3 is 1.69 bits per heavy atom. The van der Waals surface area contributed by atoms with Crippen molar-refractivity contribution in [2.75, 3.05) is 26.7 Å². The summed E-state index contributed by atoms with van der Waals surface area (Å²) in [5.41, 5.74) is 6.99. The van der Waals surface area contributed by atoms with Crippen molar-refractivity contribution in [1.29, 1.82) is 0 Å². The number of aromatic nitrogens is 4. The SMILES string of the molecule is CC(=O)Nc1ccc(Nc2nc(Nc3ccc(NC(C)=O)cc3)nc(NN3C(=O)C(=Cc4ccccn4)N=C3c3ccccc3)n2)cc1. The number of hydrogen-bond donors (Lipinski definition) is 5. The minimum absolute atomic E-state index is 0.0378. The van der Waals surface area contributed by atoms with E-state index in [2.05, 4.69) is 51.6 Å². The summed E-state index contributed by atoms with van der Waals surface area (Å²) in [5, 5.41) is 13.0. The van der Waals surface area contributed by atoms with Crippen LogP contribution in [0.15, 0.2) is 114 Å². The lowest BCUT2D eigenvalue weighted by atomic mass is 10.2. The maximum Gasteiger partial charge on any atom is 0.297 e. The van der Waals surface area contributed by atoms with Crippen LogP contribution in [0.25, 0.3) is 6.08 Å². The highest BCUT2D eigenvalue weighted by molar-refractivity contribution is 6.20. The molecule has 0 bridgehead atoms. The van der Waals surface area contributed by atoms with Crippen molar-refractivity contribution in [3.05, 3.63) is 120 Å². The molecule has 1 aliphatic rings. The number of benzene rings is 3. The third-order valence-electron chi connectivity index (χ3n) is 6.63. The first-order valence-electron chi connectivity index (χ1n) is 14.7. The molecule has 0 fully saturated rings. The molecule has 0 aliphatic carbocycles. The predicted octanol–water partition coefficient (Wildman–Crippen LogP) is 5.33. The van der Waals surface area contributed by atoms with Crippen molar-refractivity contribution in [1.82, 2.24) is 24.9 Å². The number of nitrogens with one attached hydrogen (secondary N) is 5. The lowest BCUT2D eigenvalue weighted by Crippen LogP contribution is -2.38. The molecule has 3 amide bonds. The van der Waals surface area contributed by atoms with Gasteiger partial charge in [-0.1, -0.05) is 36.4 Å². The number of aliphatic imine (C=N–C) groups is 1. The van der Waals surface area contributed by atoms with Gasteiger partial charge >= 0.3 is 0 Å². The van der Waals surface area contributed by atoms with Gasteiger partial charge in [-0.05, 0) is 66.7 Å². The minimum Gasteiger partial charge on any atom is -0.326 e. The molecule has 3 heterocycles. The normalized spacial score (nSPS) is 13.1. The van der Waals surface area contributed by atoms with Crippen LogP contribution in [-0.2, 0) is 14.4 Å². The molecule has 14 heteroatoms. The molecule has 14 nitrogen and oxygen atoms in total. The van der Waals surface area contributed by atoms with Crippen molar-refractivity contribution < 1.29 is 14.4 Å². The number of rotatable bonds is 10. The Hall–Kier alpha value is -6.96. The summed E-state index contributed by atoms with van der Waals surface area (Å²) < 4.78 is 0. The maximum atomic E-state index is 13.8. The van der Waals surface area contributed by atoms with Gasteiger partial charge in [0.2, 0.25) is 29.7 Å². The Labute approximate surface area is 275 Å². The molecule has 0 saturated carbocycles. The fourth-order valence-corrected chi connectivity index (χ4v) is 4.58. The lowest BCUT2D eigenvalue weighted by Gasteiger charge is -2.20. The van der Waals surface area contributed by atoms with Crippen molar-refractivity contribution >= 4 is 70.2 Å². The highest BCUT2D eigenvalue weighted by Crippen LogP contribution is 2.25. The fourth-order valence-electron chi connectivity index (χ4n) is 4.58. The smallest absolute Gasteiger partial charge is 0.297 e. The van der Waals surface area contributed by atoms with Gasteiger partial charge in [0, 0.05) is 48.4 Å². The van der Waals surface area contributed by atoms with Gasteiger partial charge in [0.25, 0.3) is 5.91 Å². The van der Waals surface area contributed by atoms with E-state index in [0.29, 0.717) is 39.8 Å². The molecule has 3 aromatic carbocycles. The van der Waals surface area contributed by atoms with Gasteiger partial charge in [-0.2, -0.15) is 20.0 Å². The summed E-state index contributed by atoms with van der Waals surface area (Å²) in [6.45, 7) is 2.87. The fraction of sp³-hybridized carbons (Fsp3) is 0.0588. The molecular weight excluding hydrogens is 610 g/mol. The van der Waals surface area contributed by atoms with E-state index in [9.17, 15) is 14.4 Å². The van der Waals surface area contributed by atoms with Crippen LogP contribution in [0.1, 0.15) is 25.1 Å². The first-order chi connectivity index (χ1) is 23.3. The number of carbonyl (C=O) groups is 3. The van der Waals surface area contributed by atoms with E-state index >= 15 is 0 Å². The summed E-state index contributed by atoms with van der Waals surface area (Å²) in [7, 11) is 0. The average molecular weight is 640 g/mol. The van der Waals surface area contributed by atoms with Crippen LogP contribution < -0.4 is 26.7 Å². The molecule has 1 aliphatic heterocycles. The van der Waals surface area contributed by atoms with E-state index in [-0.39, 0.29) is 35.4 Å². The maximum absolute atomic E-state index is 13.8. The highest BCUT2D eigenvalue weighted by atomic mass is 16.2. The Kier molecular flexibility index (Phi) is 9.05.